The molecule has 1 saturated carbocycles. The van der Waals surface area contributed by atoms with Gasteiger partial charge in [-0.1, -0.05) is 27.2 Å². The number of nitrogens with zero attached hydrogens (tertiary/aromatic N) is 2. The summed E-state index contributed by atoms with van der Waals surface area (Å²) in [7, 11) is 0. The summed E-state index contributed by atoms with van der Waals surface area (Å²) in [6.45, 7) is 8.45. The van der Waals surface area contributed by atoms with Gasteiger partial charge in [0.05, 0.1) is 4.88 Å². The van der Waals surface area contributed by atoms with Gasteiger partial charge in [-0.3, -0.25) is 9.59 Å². The molecule has 0 amide bonds. The van der Waals surface area contributed by atoms with Crippen molar-refractivity contribution in [3.05, 3.63) is 39.5 Å². The molecule has 0 radical (unpaired) electrons. The van der Waals surface area contributed by atoms with Gasteiger partial charge in [0, 0.05) is 10.9 Å². The number of esters is 1. The van der Waals surface area contributed by atoms with E-state index in [-0.39, 0.29) is 24.2 Å². The first kappa shape index (κ1) is 19.8. The number of thiophene rings is 1. The van der Waals surface area contributed by atoms with Crippen LogP contribution in [0, 0.1) is 24.7 Å². The Bertz CT molecular complexity index is 855. The van der Waals surface area contributed by atoms with E-state index in [1.165, 1.54) is 22.0 Å². The standard InChI is InChI=1S/C21H28N2O3S/c1-13(2)16-7-5-14(3)11-18(16)26-21(25)12-23-20(24)10-8-17(22-23)19-9-6-15(4)27-19/h6,8-10,13-14,16,18H,5,7,11-12H2,1-4H3. The summed E-state index contributed by atoms with van der Waals surface area (Å²) in [5.41, 5.74) is 0.410. The van der Waals surface area contributed by atoms with Crippen LogP contribution >= 0.6 is 11.3 Å². The highest BCUT2D eigenvalue weighted by atomic mass is 32.1. The molecule has 2 heterocycles. The van der Waals surface area contributed by atoms with Gasteiger partial charge in [0.1, 0.15) is 18.3 Å². The Morgan fingerprint density at radius 2 is 2.07 bits per heavy atom. The average Bonchev–Trinajstić information content (AvgIpc) is 3.03. The number of aryl methyl sites for hydroxylation is 1. The maximum atomic E-state index is 12.5. The van der Waals surface area contributed by atoms with Crippen LogP contribution in [0.15, 0.2) is 29.1 Å². The molecule has 2 aromatic heterocycles. The third-order valence-electron chi connectivity index (χ3n) is 5.38. The number of rotatable bonds is 5. The van der Waals surface area contributed by atoms with Crippen molar-refractivity contribution in [3.63, 3.8) is 0 Å². The number of aromatic nitrogens is 2. The molecule has 5 nitrogen and oxygen atoms in total. The van der Waals surface area contributed by atoms with Gasteiger partial charge in [-0.25, -0.2) is 4.68 Å². The largest absolute Gasteiger partial charge is 0.461 e. The Balaban J connectivity index is 1.72. The van der Waals surface area contributed by atoms with Crippen molar-refractivity contribution in [2.45, 2.75) is 59.6 Å². The monoisotopic (exact) mass is 388 g/mol. The Labute approximate surface area is 164 Å². The molecule has 1 aliphatic rings. The fourth-order valence-corrected chi connectivity index (χ4v) is 4.68. The van der Waals surface area contributed by atoms with E-state index in [4.69, 9.17) is 4.74 Å². The van der Waals surface area contributed by atoms with Crippen LogP contribution in [0.1, 0.15) is 44.9 Å². The van der Waals surface area contributed by atoms with Gasteiger partial charge in [-0.2, -0.15) is 5.10 Å². The molecule has 3 unspecified atom stereocenters. The predicted molar refractivity (Wildman–Crippen MR) is 108 cm³/mol. The number of carbonyl (C=O) groups is 1. The van der Waals surface area contributed by atoms with E-state index in [1.54, 1.807) is 17.4 Å². The van der Waals surface area contributed by atoms with Crippen LogP contribution in [-0.4, -0.2) is 21.9 Å². The lowest BCUT2D eigenvalue weighted by molar-refractivity contribution is -0.157. The van der Waals surface area contributed by atoms with Crippen LogP contribution in [0.2, 0.25) is 0 Å². The van der Waals surface area contributed by atoms with E-state index in [0.717, 1.165) is 17.7 Å². The molecule has 0 saturated heterocycles. The third-order valence-corrected chi connectivity index (χ3v) is 6.41. The number of ether oxygens (including phenoxy) is 1. The van der Waals surface area contributed by atoms with Crippen molar-refractivity contribution in [1.29, 1.82) is 0 Å². The molecule has 2 aromatic rings. The van der Waals surface area contributed by atoms with E-state index in [1.807, 2.05) is 19.1 Å². The van der Waals surface area contributed by atoms with Crippen molar-refractivity contribution in [3.8, 4) is 10.6 Å². The molecule has 0 aliphatic heterocycles. The maximum Gasteiger partial charge on any atom is 0.328 e. The minimum Gasteiger partial charge on any atom is -0.461 e. The fourth-order valence-electron chi connectivity index (χ4n) is 3.84. The van der Waals surface area contributed by atoms with Crippen LogP contribution in [0.25, 0.3) is 10.6 Å². The molecule has 146 valence electrons. The Morgan fingerprint density at radius 1 is 1.30 bits per heavy atom. The first-order valence-electron chi connectivity index (χ1n) is 9.68. The van der Waals surface area contributed by atoms with Crippen LogP contribution in [0.4, 0.5) is 0 Å². The second kappa shape index (κ2) is 8.38. The molecule has 3 atom stereocenters. The second-order valence-electron chi connectivity index (χ2n) is 7.98. The quantitative estimate of drug-likeness (QED) is 0.717. The molecule has 27 heavy (non-hydrogen) atoms. The lowest BCUT2D eigenvalue weighted by atomic mass is 9.75. The zero-order chi connectivity index (χ0) is 19.6. The lowest BCUT2D eigenvalue weighted by Gasteiger charge is -2.36. The zero-order valence-electron chi connectivity index (χ0n) is 16.5. The van der Waals surface area contributed by atoms with E-state index < -0.39 is 0 Å². The SMILES string of the molecule is Cc1ccc(-c2ccc(=O)n(CC(=O)OC3CC(C)CCC3C(C)C)n2)s1. The molecule has 0 aromatic carbocycles. The van der Waals surface area contributed by atoms with Crippen LogP contribution in [0.3, 0.4) is 0 Å². The van der Waals surface area contributed by atoms with Gasteiger partial charge in [-0.05, 0) is 55.7 Å². The minimum atomic E-state index is -0.381. The highest BCUT2D eigenvalue weighted by Crippen LogP contribution is 2.35. The van der Waals surface area contributed by atoms with Gasteiger partial charge in [-0.15, -0.1) is 11.3 Å². The second-order valence-corrected chi connectivity index (χ2v) is 9.27. The Kier molecular flexibility index (Phi) is 6.15. The third kappa shape index (κ3) is 4.86. The predicted octanol–water partition coefficient (Wildman–Crippen LogP) is 4.28. The molecule has 0 bridgehead atoms. The van der Waals surface area contributed by atoms with Crippen molar-refractivity contribution in [2.24, 2.45) is 17.8 Å². The summed E-state index contributed by atoms with van der Waals surface area (Å²) in [5, 5.41) is 4.37. The highest BCUT2D eigenvalue weighted by Gasteiger charge is 2.33. The molecular weight excluding hydrogens is 360 g/mol. The van der Waals surface area contributed by atoms with Gasteiger partial charge < -0.3 is 4.74 Å². The number of hydrogen-bond donors (Lipinski definition) is 0. The topological polar surface area (TPSA) is 61.2 Å². The molecule has 1 fully saturated rings. The average molecular weight is 389 g/mol. The zero-order valence-corrected chi connectivity index (χ0v) is 17.3. The number of hydrogen-bond acceptors (Lipinski definition) is 5. The highest BCUT2D eigenvalue weighted by molar-refractivity contribution is 7.15. The van der Waals surface area contributed by atoms with Gasteiger partial charge >= 0.3 is 5.97 Å². The maximum absolute atomic E-state index is 12.5. The molecule has 3 rings (SSSR count). The normalized spacial score (nSPS) is 22.8. The van der Waals surface area contributed by atoms with Crippen molar-refractivity contribution < 1.29 is 9.53 Å². The van der Waals surface area contributed by atoms with Crippen molar-refractivity contribution in [2.75, 3.05) is 0 Å². The van der Waals surface area contributed by atoms with E-state index >= 15 is 0 Å². The number of carbonyl (C=O) groups excluding carboxylic acids is 1. The summed E-state index contributed by atoms with van der Waals surface area (Å²) < 4.78 is 7.02. The molecule has 0 spiro atoms. The van der Waals surface area contributed by atoms with Crippen LogP contribution in [0.5, 0.6) is 0 Å². The summed E-state index contributed by atoms with van der Waals surface area (Å²) in [6, 6.07) is 7.16. The summed E-state index contributed by atoms with van der Waals surface area (Å²) >= 11 is 1.61. The van der Waals surface area contributed by atoms with E-state index in [2.05, 4.69) is 25.9 Å². The lowest BCUT2D eigenvalue weighted by Crippen LogP contribution is -2.37. The van der Waals surface area contributed by atoms with Crippen molar-refractivity contribution in [1.82, 2.24) is 9.78 Å². The summed E-state index contributed by atoms with van der Waals surface area (Å²) in [6.07, 6.45) is 3.09. The van der Waals surface area contributed by atoms with Gasteiger partial charge in [0.25, 0.3) is 5.56 Å². The molecule has 0 N–H and O–H groups in total. The summed E-state index contributed by atoms with van der Waals surface area (Å²) in [5.74, 6) is 1.04. The van der Waals surface area contributed by atoms with Gasteiger partial charge in [0.2, 0.25) is 0 Å². The van der Waals surface area contributed by atoms with Crippen LogP contribution < -0.4 is 5.56 Å². The first-order valence-corrected chi connectivity index (χ1v) is 10.5. The Hall–Kier alpha value is -1.95. The van der Waals surface area contributed by atoms with Crippen LogP contribution in [-0.2, 0) is 16.1 Å². The minimum absolute atomic E-state index is 0.0694. The van der Waals surface area contributed by atoms with Gasteiger partial charge in [0.15, 0.2) is 0 Å². The van der Waals surface area contributed by atoms with E-state index in [9.17, 15) is 9.59 Å². The molecular formula is C21H28N2O3S. The smallest absolute Gasteiger partial charge is 0.328 e. The molecule has 1 aliphatic carbocycles. The van der Waals surface area contributed by atoms with E-state index in [0.29, 0.717) is 23.4 Å². The summed E-state index contributed by atoms with van der Waals surface area (Å²) in [4.78, 5) is 26.9. The first-order chi connectivity index (χ1) is 12.8. The Morgan fingerprint density at radius 3 is 2.74 bits per heavy atom. The molecule has 6 heteroatoms. The fraction of sp³-hybridized carbons (Fsp3) is 0.571. The van der Waals surface area contributed by atoms with Crippen molar-refractivity contribution >= 4 is 17.3 Å².